The molecule has 1 fully saturated rings. The van der Waals surface area contributed by atoms with E-state index >= 15 is 0 Å². The van der Waals surface area contributed by atoms with E-state index in [1.165, 1.54) is 16.2 Å². The fourth-order valence-corrected chi connectivity index (χ4v) is 5.04. The maximum absolute atomic E-state index is 12.1. The minimum Gasteiger partial charge on any atom is -0.301 e. The van der Waals surface area contributed by atoms with Crippen LogP contribution in [0.2, 0.25) is 0 Å². The Morgan fingerprint density at radius 2 is 2.05 bits per heavy atom. The summed E-state index contributed by atoms with van der Waals surface area (Å²) in [5.41, 5.74) is 1.58. The number of nitriles is 1. The molecule has 0 spiro atoms. The summed E-state index contributed by atoms with van der Waals surface area (Å²) in [6.45, 7) is 0.0474. The van der Waals surface area contributed by atoms with Crippen molar-refractivity contribution in [2.24, 2.45) is 5.14 Å². The van der Waals surface area contributed by atoms with Gasteiger partial charge >= 0.3 is 0 Å². The molecule has 6 nitrogen and oxygen atoms in total. The van der Waals surface area contributed by atoms with Crippen LogP contribution in [0, 0.1) is 11.3 Å². The number of fused-ring (bicyclic) bond motifs is 1. The number of aryl methyl sites for hydroxylation is 1. The van der Waals surface area contributed by atoms with E-state index in [-0.39, 0.29) is 18.9 Å². The molecule has 8 heteroatoms. The van der Waals surface area contributed by atoms with Crippen molar-refractivity contribution in [3.05, 3.63) is 16.0 Å². The van der Waals surface area contributed by atoms with Gasteiger partial charge in [-0.3, -0.25) is 4.79 Å². The third-order valence-corrected chi connectivity index (χ3v) is 6.62. The number of nitrogens with two attached hydrogens (primary N) is 1. The smallest absolute Gasteiger partial charge is 0.229 e. The molecule has 1 unspecified atom stereocenters. The maximum atomic E-state index is 12.1. The standard InChI is InChI=1S/C13H15N3O3S2/c14-6-10-9-3-1-2-4-11(9)20-13(10)16-7-8(5-12(16)17)21(15,18)19/h8H,1-5,7H2,(H2,15,18,19). The average molecular weight is 325 g/mol. The largest absolute Gasteiger partial charge is 0.301 e. The van der Waals surface area contributed by atoms with Gasteiger partial charge in [-0.15, -0.1) is 11.3 Å². The van der Waals surface area contributed by atoms with Gasteiger partial charge in [0.05, 0.1) is 5.56 Å². The van der Waals surface area contributed by atoms with Gasteiger partial charge in [0.15, 0.2) is 0 Å². The number of rotatable bonds is 2. The van der Waals surface area contributed by atoms with E-state index in [0.29, 0.717) is 10.6 Å². The second-order valence-corrected chi connectivity index (χ2v) is 8.35. The van der Waals surface area contributed by atoms with E-state index in [1.54, 1.807) is 0 Å². The lowest BCUT2D eigenvalue weighted by Gasteiger charge is -2.14. The Labute approximate surface area is 127 Å². The van der Waals surface area contributed by atoms with Crippen LogP contribution in [-0.2, 0) is 27.7 Å². The molecule has 0 bridgehead atoms. The lowest BCUT2D eigenvalue weighted by molar-refractivity contribution is -0.117. The van der Waals surface area contributed by atoms with Crippen LogP contribution < -0.4 is 10.0 Å². The number of hydrogen-bond acceptors (Lipinski definition) is 5. The maximum Gasteiger partial charge on any atom is 0.229 e. The van der Waals surface area contributed by atoms with Crippen LogP contribution in [-0.4, -0.2) is 26.1 Å². The van der Waals surface area contributed by atoms with E-state index < -0.39 is 15.3 Å². The van der Waals surface area contributed by atoms with Crippen LogP contribution in [0.3, 0.4) is 0 Å². The van der Waals surface area contributed by atoms with Gasteiger partial charge in [0.2, 0.25) is 15.9 Å². The SMILES string of the molecule is N#Cc1c(N2CC(S(N)(=O)=O)CC2=O)sc2c1CCCC2. The van der Waals surface area contributed by atoms with Crippen molar-refractivity contribution in [2.45, 2.75) is 37.4 Å². The van der Waals surface area contributed by atoms with Gasteiger partial charge in [-0.25, -0.2) is 13.6 Å². The molecule has 2 heterocycles. The minimum atomic E-state index is -3.74. The first-order chi connectivity index (χ1) is 9.91. The quantitative estimate of drug-likeness (QED) is 0.872. The lowest BCUT2D eigenvalue weighted by atomic mass is 9.96. The first kappa shape index (κ1) is 14.5. The molecule has 1 saturated heterocycles. The molecule has 0 radical (unpaired) electrons. The van der Waals surface area contributed by atoms with E-state index in [0.717, 1.165) is 36.1 Å². The summed E-state index contributed by atoms with van der Waals surface area (Å²) < 4.78 is 22.9. The van der Waals surface area contributed by atoms with Crippen molar-refractivity contribution < 1.29 is 13.2 Å². The Bertz CT molecular complexity index is 745. The number of carbonyl (C=O) groups is 1. The number of nitrogens with zero attached hydrogens (tertiary/aromatic N) is 2. The van der Waals surface area contributed by atoms with Gasteiger partial charge in [-0.1, -0.05) is 0 Å². The molecule has 112 valence electrons. The topological polar surface area (TPSA) is 104 Å². The fraction of sp³-hybridized carbons (Fsp3) is 0.538. The van der Waals surface area contributed by atoms with Gasteiger partial charge in [0.1, 0.15) is 16.3 Å². The molecule has 1 atom stereocenters. The Kier molecular flexibility index (Phi) is 3.51. The number of anilines is 1. The molecular formula is C13H15N3O3S2. The Morgan fingerprint density at radius 3 is 2.67 bits per heavy atom. The molecule has 21 heavy (non-hydrogen) atoms. The van der Waals surface area contributed by atoms with Crippen LogP contribution in [0.4, 0.5) is 5.00 Å². The molecule has 1 aromatic rings. The zero-order valence-electron chi connectivity index (χ0n) is 11.3. The molecule has 3 rings (SSSR count). The van der Waals surface area contributed by atoms with E-state index in [9.17, 15) is 18.5 Å². The van der Waals surface area contributed by atoms with Crippen molar-refractivity contribution in [3.63, 3.8) is 0 Å². The van der Waals surface area contributed by atoms with Crippen molar-refractivity contribution in [1.82, 2.24) is 0 Å². The number of carbonyl (C=O) groups excluding carboxylic acids is 1. The van der Waals surface area contributed by atoms with Crippen LogP contribution in [0.1, 0.15) is 35.3 Å². The summed E-state index contributed by atoms with van der Waals surface area (Å²) in [6.07, 6.45) is 3.81. The molecular weight excluding hydrogens is 310 g/mol. The number of amides is 1. The third-order valence-electron chi connectivity index (χ3n) is 4.06. The van der Waals surface area contributed by atoms with Crippen molar-refractivity contribution >= 4 is 32.3 Å². The molecule has 2 aliphatic rings. The number of sulfonamides is 1. The highest BCUT2D eigenvalue weighted by Crippen LogP contribution is 2.41. The van der Waals surface area contributed by atoms with Gasteiger partial charge in [0.25, 0.3) is 0 Å². The second kappa shape index (κ2) is 5.09. The number of hydrogen-bond donors (Lipinski definition) is 1. The summed E-state index contributed by atoms with van der Waals surface area (Å²) in [5, 5.41) is 14.3. The molecule has 2 N–H and O–H groups in total. The van der Waals surface area contributed by atoms with E-state index in [1.807, 2.05) is 0 Å². The molecule has 0 aromatic carbocycles. The second-order valence-electron chi connectivity index (χ2n) is 5.42. The highest BCUT2D eigenvalue weighted by Gasteiger charge is 2.39. The Balaban J connectivity index is 2.00. The number of primary sulfonamides is 1. The lowest BCUT2D eigenvalue weighted by Crippen LogP contribution is -2.32. The minimum absolute atomic E-state index is 0.0474. The summed E-state index contributed by atoms with van der Waals surface area (Å²) in [7, 11) is -3.74. The fourth-order valence-electron chi connectivity index (χ4n) is 2.95. The monoisotopic (exact) mass is 325 g/mol. The first-order valence-corrected chi connectivity index (χ1v) is 9.21. The zero-order valence-corrected chi connectivity index (χ0v) is 13.0. The van der Waals surface area contributed by atoms with Crippen LogP contribution in [0.15, 0.2) is 0 Å². The van der Waals surface area contributed by atoms with E-state index in [2.05, 4.69) is 6.07 Å². The van der Waals surface area contributed by atoms with Crippen LogP contribution in [0.5, 0.6) is 0 Å². The summed E-state index contributed by atoms with van der Waals surface area (Å²) in [5.74, 6) is -0.274. The highest BCUT2D eigenvalue weighted by atomic mass is 32.2. The summed E-state index contributed by atoms with van der Waals surface area (Å²) in [4.78, 5) is 14.7. The zero-order chi connectivity index (χ0) is 15.2. The van der Waals surface area contributed by atoms with Crippen molar-refractivity contribution in [1.29, 1.82) is 5.26 Å². The van der Waals surface area contributed by atoms with E-state index in [4.69, 9.17) is 5.14 Å². The Hall–Kier alpha value is -1.43. The Morgan fingerprint density at radius 1 is 1.33 bits per heavy atom. The number of thiophene rings is 1. The summed E-state index contributed by atoms with van der Waals surface area (Å²) in [6, 6.07) is 2.19. The molecule has 1 amide bonds. The normalized spacial score (nSPS) is 22.2. The van der Waals surface area contributed by atoms with Gasteiger partial charge in [0, 0.05) is 17.8 Å². The van der Waals surface area contributed by atoms with Crippen LogP contribution in [0.25, 0.3) is 0 Å². The van der Waals surface area contributed by atoms with Gasteiger partial charge in [-0.05, 0) is 31.2 Å². The van der Waals surface area contributed by atoms with Crippen molar-refractivity contribution in [2.75, 3.05) is 11.4 Å². The molecule has 1 aromatic heterocycles. The highest BCUT2D eigenvalue weighted by molar-refractivity contribution is 7.89. The van der Waals surface area contributed by atoms with Gasteiger partial charge < -0.3 is 4.90 Å². The molecule has 1 aliphatic carbocycles. The predicted molar refractivity (Wildman–Crippen MR) is 79.5 cm³/mol. The van der Waals surface area contributed by atoms with Crippen molar-refractivity contribution in [3.8, 4) is 6.07 Å². The first-order valence-electron chi connectivity index (χ1n) is 6.78. The summed E-state index contributed by atoms with van der Waals surface area (Å²) >= 11 is 1.45. The van der Waals surface area contributed by atoms with Crippen LogP contribution >= 0.6 is 11.3 Å². The molecule has 0 saturated carbocycles. The average Bonchev–Trinajstić information content (AvgIpc) is 2.98. The third kappa shape index (κ3) is 2.46. The van der Waals surface area contributed by atoms with Gasteiger partial charge in [-0.2, -0.15) is 5.26 Å². The predicted octanol–water partition coefficient (Wildman–Crippen LogP) is 0.892. The molecule has 1 aliphatic heterocycles.